The molecule has 152 valence electrons. The molecular formula is C24H29N3O2. The second kappa shape index (κ2) is 8.27. The predicted octanol–water partition coefficient (Wildman–Crippen LogP) is 4.22. The molecule has 2 amide bonds. The molecule has 2 saturated heterocycles. The van der Waals surface area contributed by atoms with Gasteiger partial charge < -0.3 is 15.1 Å². The van der Waals surface area contributed by atoms with Crippen LogP contribution >= 0.6 is 0 Å². The Bertz CT molecular complexity index is 868. The maximum Gasteiger partial charge on any atom is 0.229 e. The smallest absolute Gasteiger partial charge is 0.229 e. The quantitative estimate of drug-likeness (QED) is 0.849. The fourth-order valence-electron chi connectivity index (χ4n) is 4.12. The van der Waals surface area contributed by atoms with E-state index in [0.717, 1.165) is 35.9 Å². The SMILES string of the molecule is Cc1ccc(NC(=O)C2CC(=O)N(c3ccc(N4CCC(C)CC4)cc3)C2)cc1. The lowest BCUT2D eigenvalue weighted by Crippen LogP contribution is -2.32. The van der Waals surface area contributed by atoms with Crippen LogP contribution in [-0.2, 0) is 9.59 Å². The van der Waals surface area contributed by atoms with Gasteiger partial charge in [-0.3, -0.25) is 9.59 Å². The van der Waals surface area contributed by atoms with Gasteiger partial charge in [0.25, 0.3) is 0 Å². The van der Waals surface area contributed by atoms with Gasteiger partial charge in [0.2, 0.25) is 11.8 Å². The van der Waals surface area contributed by atoms with Crippen LogP contribution in [-0.4, -0.2) is 31.4 Å². The number of amides is 2. The molecule has 0 bridgehead atoms. The van der Waals surface area contributed by atoms with Crippen molar-refractivity contribution in [3.8, 4) is 0 Å². The molecule has 5 heteroatoms. The van der Waals surface area contributed by atoms with E-state index in [1.165, 1.54) is 18.5 Å². The Hall–Kier alpha value is -2.82. The number of nitrogens with zero attached hydrogens (tertiary/aromatic N) is 2. The molecule has 0 spiro atoms. The normalized spacial score (nSPS) is 20.2. The summed E-state index contributed by atoms with van der Waals surface area (Å²) in [5.74, 6) is 0.389. The fourth-order valence-corrected chi connectivity index (χ4v) is 4.12. The van der Waals surface area contributed by atoms with Crippen LogP contribution in [0, 0.1) is 18.8 Å². The monoisotopic (exact) mass is 391 g/mol. The van der Waals surface area contributed by atoms with E-state index in [2.05, 4.69) is 29.3 Å². The number of aryl methyl sites for hydroxylation is 1. The van der Waals surface area contributed by atoms with Gasteiger partial charge in [-0.2, -0.15) is 0 Å². The lowest BCUT2D eigenvalue weighted by molar-refractivity contribution is -0.122. The number of hydrogen-bond acceptors (Lipinski definition) is 3. The summed E-state index contributed by atoms with van der Waals surface area (Å²) in [5.41, 5.74) is 4.00. The summed E-state index contributed by atoms with van der Waals surface area (Å²) in [4.78, 5) is 29.3. The molecule has 1 atom stereocenters. The third-order valence-electron chi connectivity index (χ3n) is 6.13. The molecule has 2 fully saturated rings. The van der Waals surface area contributed by atoms with Gasteiger partial charge in [-0.25, -0.2) is 0 Å². The Morgan fingerprint density at radius 2 is 1.59 bits per heavy atom. The third-order valence-corrected chi connectivity index (χ3v) is 6.13. The number of nitrogens with one attached hydrogen (secondary N) is 1. The Kier molecular flexibility index (Phi) is 5.56. The van der Waals surface area contributed by atoms with Gasteiger partial charge in [-0.1, -0.05) is 24.6 Å². The van der Waals surface area contributed by atoms with Crippen LogP contribution in [0.25, 0.3) is 0 Å². The van der Waals surface area contributed by atoms with Gasteiger partial charge in [0.05, 0.1) is 5.92 Å². The standard InChI is InChI=1S/C24H29N3O2/c1-17-3-5-20(6-4-17)25-24(29)19-15-23(28)27(16-19)22-9-7-21(8-10-22)26-13-11-18(2)12-14-26/h3-10,18-19H,11-16H2,1-2H3,(H,25,29). The van der Waals surface area contributed by atoms with E-state index >= 15 is 0 Å². The summed E-state index contributed by atoms with van der Waals surface area (Å²) in [6.45, 7) is 6.92. The molecule has 2 aromatic carbocycles. The molecule has 0 aliphatic carbocycles. The molecule has 2 heterocycles. The summed E-state index contributed by atoms with van der Waals surface area (Å²) in [6, 6.07) is 15.9. The molecule has 0 radical (unpaired) electrons. The van der Waals surface area contributed by atoms with Crippen molar-refractivity contribution in [3.05, 3.63) is 54.1 Å². The van der Waals surface area contributed by atoms with Crippen LogP contribution in [0.15, 0.2) is 48.5 Å². The minimum Gasteiger partial charge on any atom is -0.372 e. The van der Waals surface area contributed by atoms with E-state index in [4.69, 9.17) is 0 Å². The van der Waals surface area contributed by atoms with E-state index in [0.29, 0.717) is 6.54 Å². The zero-order chi connectivity index (χ0) is 20.4. The van der Waals surface area contributed by atoms with Crippen molar-refractivity contribution in [2.24, 2.45) is 11.8 Å². The summed E-state index contributed by atoms with van der Waals surface area (Å²) >= 11 is 0. The number of anilines is 3. The van der Waals surface area contributed by atoms with Crippen molar-refractivity contribution in [2.45, 2.75) is 33.1 Å². The van der Waals surface area contributed by atoms with Crippen molar-refractivity contribution < 1.29 is 9.59 Å². The molecular weight excluding hydrogens is 362 g/mol. The van der Waals surface area contributed by atoms with E-state index < -0.39 is 0 Å². The van der Waals surface area contributed by atoms with Crippen LogP contribution in [0.3, 0.4) is 0 Å². The number of hydrogen-bond donors (Lipinski definition) is 1. The number of piperidine rings is 1. The third kappa shape index (κ3) is 4.44. The molecule has 2 aliphatic heterocycles. The minimum atomic E-state index is -0.327. The summed E-state index contributed by atoms with van der Waals surface area (Å²) in [6.07, 6.45) is 2.71. The molecule has 1 N–H and O–H groups in total. The van der Waals surface area contributed by atoms with Crippen molar-refractivity contribution in [1.29, 1.82) is 0 Å². The number of rotatable bonds is 4. The summed E-state index contributed by atoms with van der Waals surface area (Å²) in [7, 11) is 0. The molecule has 2 aliphatic rings. The molecule has 29 heavy (non-hydrogen) atoms. The van der Waals surface area contributed by atoms with Gasteiger partial charge in [-0.15, -0.1) is 0 Å². The lowest BCUT2D eigenvalue weighted by atomic mass is 9.99. The molecule has 4 rings (SSSR count). The molecule has 5 nitrogen and oxygen atoms in total. The largest absolute Gasteiger partial charge is 0.372 e. The zero-order valence-electron chi connectivity index (χ0n) is 17.2. The second-order valence-corrected chi connectivity index (χ2v) is 8.45. The van der Waals surface area contributed by atoms with Crippen LogP contribution in [0.5, 0.6) is 0 Å². The van der Waals surface area contributed by atoms with Gasteiger partial charge in [0, 0.05) is 43.1 Å². The Morgan fingerprint density at radius 1 is 0.966 bits per heavy atom. The first-order valence-corrected chi connectivity index (χ1v) is 10.5. The maximum absolute atomic E-state index is 12.6. The topological polar surface area (TPSA) is 52.7 Å². The highest BCUT2D eigenvalue weighted by molar-refractivity contribution is 6.03. The average Bonchev–Trinajstić information content (AvgIpc) is 3.12. The maximum atomic E-state index is 12.6. The second-order valence-electron chi connectivity index (χ2n) is 8.45. The lowest BCUT2D eigenvalue weighted by Gasteiger charge is -2.32. The highest BCUT2D eigenvalue weighted by Gasteiger charge is 2.35. The van der Waals surface area contributed by atoms with E-state index in [1.807, 2.05) is 43.3 Å². The highest BCUT2D eigenvalue weighted by atomic mass is 16.2. The van der Waals surface area contributed by atoms with Crippen LogP contribution < -0.4 is 15.1 Å². The number of carbonyl (C=O) groups is 2. The van der Waals surface area contributed by atoms with Crippen molar-refractivity contribution >= 4 is 28.9 Å². The van der Waals surface area contributed by atoms with E-state index in [9.17, 15) is 9.59 Å². The van der Waals surface area contributed by atoms with Crippen LogP contribution in [0.1, 0.15) is 31.7 Å². The van der Waals surface area contributed by atoms with Gasteiger partial charge in [0.15, 0.2) is 0 Å². The highest BCUT2D eigenvalue weighted by Crippen LogP contribution is 2.29. The predicted molar refractivity (Wildman–Crippen MR) is 117 cm³/mol. The molecule has 2 aromatic rings. The molecule has 0 saturated carbocycles. The average molecular weight is 392 g/mol. The van der Waals surface area contributed by atoms with Crippen molar-refractivity contribution in [1.82, 2.24) is 0 Å². The first kappa shape index (κ1) is 19.5. The van der Waals surface area contributed by atoms with Gasteiger partial charge >= 0.3 is 0 Å². The number of benzene rings is 2. The Labute approximate surface area is 172 Å². The van der Waals surface area contributed by atoms with Gasteiger partial charge in [-0.05, 0) is 62.1 Å². The van der Waals surface area contributed by atoms with Crippen molar-refractivity contribution in [3.63, 3.8) is 0 Å². The van der Waals surface area contributed by atoms with Crippen LogP contribution in [0.4, 0.5) is 17.1 Å². The number of carbonyl (C=O) groups excluding carboxylic acids is 2. The summed E-state index contributed by atoms with van der Waals surface area (Å²) in [5, 5.41) is 2.93. The Morgan fingerprint density at radius 3 is 2.24 bits per heavy atom. The fraction of sp³-hybridized carbons (Fsp3) is 0.417. The zero-order valence-corrected chi connectivity index (χ0v) is 17.2. The summed E-state index contributed by atoms with van der Waals surface area (Å²) < 4.78 is 0. The van der Waals surface area contributed by atoms with E-state index in [1.54, 1.807) is 4.90 Å². The van der Waals surface area contributed by atoms with Gasteiger partial charge in [0.1, 0.15) is 0 Å². The van der Waals surface area contributed by atoms with E-state index in [-0.39, 0.29) is 24.2 Å². The first-order chi connectivity index (χ1) is 14.0. The Balaban J connectivity index is 1.38. The van der Waals surface area contributed by atoms with Crippen LogP contribution in [0.2, 0.25) is 0 Å². The first-order valence-electron chi connectivity index (χ1n) is 10.5. The van der Waals surface area contributed by atoms with Crippen molar-refractivity contribution in [2.75, 3.05) is 34.8 Å². The minimum absolute atomic E-state index is 0.00797. The molecule has 0 aromatic heterocycles. The molecule has 1 unspecified atom stereocenters.